The average molecular weight is 491 g/mol. The number of thiazole rings is 1. The SMILES string of the molecule is CC(C)OC(N)=O.NS(=O)c1cc(Nc2ncc[nH]2)ccc1-c1cnc(C2CCCCC2)s1. The second-order valence-electron chi connectivity index (χ2n) is 7.95. The van der Waals surface area contributed by atoms with Gasteiger partial charge in [0.2, 0.25) is 5.95 Å². The Bertz CT molecular complexity index is 1060. The molecule has 9 nitrogen and oxygen atoms in total. The number of aromatic nitrogens is 3. The summed E-state index contributed by atoms with van der Waals surface area (Å²) in [5, 5.41) is 10.1. The van der Waals surface area contributed by atoms with Crippen LogP contribution in [0.25, 0.3) is 10.4 Å². The van der Waals surface area contributed by atoms with Crippen LogP contribution in [0, 0.1) is 0 Å². The summed E-state index contributed by atoms with van der Waals surface area (Å²) in [6, 6.07) is 5.70. The fourth-order valence-corrected chi connectivity index (χ4v) is 5.45. The second kappa shape index (κ2) is 11.9. The van der Waals surface area contributed by atoms with Gasteiger partial charge in [0.05, 0.1) is 20.9 Å². The molecule has 1 aromatic carbocycles. The highest BCUT2D eigenvalue weighted by molar-refractivity contribution is 7.82. The van der Waals surface area contributed by atoms with Crippen molar-refractivity contribution in [3.63, 3.8) is 0 Å². The molecule has 2 heterocycles. The Labute approximate surface area is 199 Å². The number of H-pyrrole nitrogens is 1. The first-order chi connectivity index (χ1) is 15.8. The van der Waals surface area contributed by atoms with E-state index in [1.807, 2.05) is 24.4 Å². The van der Waals surface area contributed by atoms with Crippen molar-refractivity contribution < 1.29 is 13.7 Å². The fraction of sp³-hybridized carbons (Fsp3) is 0.409. The molecule has 1 amide bonds. The van der Waals surface area contributed by atoms with E-state index in [1.165, 1.54) is 37.1 Å². The summed E-state index contributed by atoms with van der Waals surface area (Å²) in [7, 11) is -1.59. The number of nitrogens with zero attached hydrogens (tertiary/aromatic N) is 2. The van der Waals surface area contributed by atoms with E-state index in [0.29, 0.717) is 16.8 Å². The standard InChI is InChI=1S/C18H21N5OS2.C4H9NO2/c19-26(24)16-10-13(23-18-20-8-9-21-18)6-7-14(16)15-11-22-17(25-15)12-4-2-1-3-5-12;1-3(2)7-4(5)6/h6-12H,1-5,19H2,(H2,20,21,23);3H,1-2H3,(H2,5,6). The highest BCUT2D eigenvalue weighted by atomic mass is 32.2. The van der Waals surface area contributed by atoms with E-state index in [9.17, 15) is 9.00 Å². The molecule has 1 saturated carbocycles. The predicted molar refractivity (Wildman–Crippen MR) is 132 cm³/mol. The van der Waals surface area contributed by atoms with Crippen LogP contribution in [-0.2, 0) is 15.7 Å². The average Bonchev–Trinajstić information content (AvgIpc) is 3.46. The third-order valence-electron chi connectivity index (χ3n) is 5.05. The zero-order valence-electron chi connectivity index (χ0n) is 18.7. The van der Waals surface area contributed by atoms with Gasteiger partial charge in [0.15, 0.2) is 0 Å². The van der Waals surface area contributed by atoms with Gasteiger partial charge in [0.1, 0.15) is 11.0 Å². The van der Waals surface area contributed by atoms with Crippen molar-refractivity contribution in [2.45, 2.75) is 62.9 Å². The monoisotopic (exact) mass is 490 g/mol. The van der Waals surface area contributed by atoms with Crippen LogP contribution < -0.4 is 16.2 Å². The van der Waals surface area contributed by atoms with E-state index in [0.717, 1.165) is 16.1 Å². The molecule has 1 aliphatic carbocycles. The van der Waals surface area contributed by atoms with Crippen LogP contribution in [0.5, 0.6) is 0 Å². The topological polar surface area (TPSA) is 149 Å². The van der Waals surface area contributed by atoms with Gasteiger partial charge in [-0.05, 0) is 38.8 Å². The minimum Gasteiger partial charge on any atom is -0.447 e. The number of amides is 1. The molecular formula is C22H30N6O3S2. The summed E-state index contributed by atoms with van der Waals surface area (Å²) in [5.41, 5.74) is 6.30. The van der Waals surface area contributed by atoms with Gasteiger partial charge in [-0.15, -0.1) is 11.3 Å². The number of aromatic amines is 1. The van der Waals surface area contributed by atoms with Crippen LogP contribution in [0.2, 0.25) is 0 Å². The number of nitrogens with one attached hydrogen (secondary N) is 2. The van der Waals surface area contributed by atoms with Crippen LogP contribution >= 0.6 is 11.3 Å². The first kappa shape index (κ1) is 24.9. The smallest absolute Gasteiger partial charge is 0.404 e. The van der Waals surface area contributed by atoms with Crippen molar-refractivity contribution >= 4 is 40.1 Å². The molecule has 1 fully saturated rings. The zero-order valence-corrected chi connectivity index (χ0v) is 20.4. The lowest BCUT2D eigenvalue weighted by molar-refractivity contribution is 0.125. The molecule has 4 rings (SSSR count). The molecule has 1 aliphatic rings. The van der Waals surface area contributed by atoms with Crippen molar-refractivity contribution in [1.82, 2.24) is 15.0 Å². The molecule has 3 aromatic rings. The quantitative estimate of drug-likeness (QED) is 0.390. The Hall–Kier alpha value is -2.76. The van der Waals surface area contributed by atoms with Crippen molar-refractivity contribution in [3.05, 3.63) is 41.8 Å². The molecular weight excluding hydrogens is 460 g/mol. The van der Waals surface area contributed by atoms with Gasteiger partial charge in [0.25, 0.3) is 0 Å². The van der Waals surface area contributed by atoms with Gasteiger partial charge < -0.3 is 20.8 Å². The molecule has 0 spiro atoms. The number of rotatable bonds is 6. The molecule has 0 radical (unpaired) electrons. The van der Waals surface area contributed by atoms with Gasteiger partial charge >= 0.3 is 6.09 Å². The lowest BCUT2D eigenvalue weighted by atomic mass is 9.90. The summed E-state index contributed by atoms with van der Waals surface area (Å²) >= 11 is 1.70. The summed E-state index contributed by atoms with van der Waals surface area (Å²) in [6.07, 6.45) is 10.8. The van der Waals surface area contributed by atoms with Crippen molar-refractivity contribution in [2.24, 2.45) is 10.9 Å². The zero-order chi connectivity index (χ0) is 23.8. The van der Waals surface area contributed by atoms with Crippen LogP contribution in [0.4, 0.5) is 16.4 Å². The molecule has 178 valence electrons. The Kier molecular flexibility index (Phi) is 8.98. The first-order valence-electron chi connectivity index (χ1n) is 10.8. The molecule has 33 heavy (non-hydrogen) atoms. The number of ether oxygens (including phenoxy) is 1. The highest BCUT2D eigenvalue weighted by Gasteiger charge is 2.20. The minimum absolute atomic E-state index is 0.0995. The summed E-state index contributed by atoms with van der Waals surface area (Å²) in [5.74, 6) is 1.19. The lowest BCUT2D eigenvalue weighted by Crippen LogP contribution is -2.17. The maximum Gasteiger partial charge on any atom is 0.404 e. The largest absolute Gasteiger partial charge is 0.447 e. The Morgan fingerprint density at radius 2 is 2.03 bits per heavy atom. The molecule has 1 atom stereocenters. The second-order valence-corrected chi connectivity index (χ2v) is 10.1. The molecule has 0 saturated heterocycles. The van der Waals surface area contributed by atoms with E-state index >= 15 is 0 Å². The van der Waals surface area contributed by atoms with Crippen molar-refractivity contribution in [3.8, 4) is 10.4 Å². The van der Waals surface area contributed by atoms with Crippen LogP contribution in [0.1, 0.15) is 56.9 Å². The third-order valence-corrected chi connectivity index (χ3v) is 7.02. The van der Waals surface area contributed by atoms with Crippen LogP contribution in [0.15, 0.2) is 41.7 Å². The maximum atomic E-state index is 12.1. The number of anilines is 2. The van der Waals surface area contributed by atoms with E-state index in [2.05, 4.69) is 30.7 Å². The molecule has 1 unspecified atom stereocenters. The Morgan fingerprint density at radius 1 is 1.27 bits per heavy atom. The number of benzene rings is 1. The maximum absolute atomic E-state index is 12.1. The van der Waals surface area contributed by atoms with E-state index in [-0.39, 0.29) is 6.10 Å². The third kappa shape index (κ3) is 7.37. The molecule has 2 aromatic heterocycles. The fourth-order valence-electron chi connectivity index (χ4n) is 3.62. The number of imidazole rings is 1. The summed E-state index contributed by atoms with van der Waals surface area (Å²) in [4.78, 5) is 23.2. The molecule has 0 bridgehead atoms. The van der Waals surface area contributed by atoms with Gasteiger partial charge in [-0.25, -0.2) is 24.1 Å². The summed E-state index contributed by atoms with van der Waals surface area (Å²) < 4.78 is 16.5. The number of carbonyl (C=O) groups excluding carboxylic acids is 1. The minimum atomic E-state index is -1.59. The number of hydrogen-bond acceptors (Lipinski definition) is 7. The van der Waals surface area contributed by atoms with E-state index < -0.39 is 17.1 Å². The Morgan fingerprint density at radius 3 is 2.61 bits per heavy atom. The van der Waals surface area contributed by atoms with Gasteiger partial charge in [-0.3, -0.25) is 0 Å². The van der Waals surface area contributed by atoms with Crippen LogP contribution in [-0.4, -0.2) is 31.4 Å². The van der Waals surface area contributed by atoms with E-state index in [1.54, 1.807) is 37.6 Å². The summed E-state index contributed by atoms with van der Waals surface area (Å²) in [6.45, 7) is 3.48. The normalized spacial score (nSPS) is 14.9. The Balaban J connectivity index is 0.000000383. The van der Waals surface area contributed by atoms with Crippen LogP contribution in [0.3, 0.4) is 0 Å². The number of hydrogen-bond donors (Lipinski definition) is 4. The molecule has 6 N–H and O–H groups in total. The molecule has 11 heteroatoms. The number of carbonyl (C=O) groups is 1. The number of primary amides is 1. The highest BCUT2D eigenvalue weighted by Crippen LogP contribution is 2.39. The molecule has 0 aliphatic heterocycles. The van der Waals surface area contributed by atoms with Crippen molar-refractivity contribution in [2.75, 3.05) is 5.32 Å². The predicted octanol–water partition coefficient (Wildman–Crippen LogP) is 4.80. The van der Waals surface area contributed by atoms with Gasteiger partial charge in [-0.2, -0.15) is 0 Å². The van der Waals surface area contributed by atoms with Gasteiger partial charge in [0, 0.05) is 35.8 Å². The van der Waals surface area contributed by atoms with Gasteiger partial charge in [-0.1, -0.05) is 25.3 Å². The lowest BCUT2D eigenvalue weighted by Gasteiger charge is -2.18. The first-order valence-corrected chi connectivity index (χ1v) is 12.8. The van der Waals surface area contributed by atoms with Crippen molar-refractivity contribution in [1.29, 1.82) is 0 Å². The number of nitrogens with two attached hydrogens (primary N) is 2. The van der Waals surface area contributed by atoms with E-state index in [4.69, 9.17) is 5.14 Å².